The van der Waals surface area contributed by atoms with E-state index >= 15 is 0 Å². The van der Waals surface area contributed by atoms with E-state index in [1.165, 1.54) is 16.7 Å². The molecular weight excluding hydrogens is 314 g/mol. The summed E-state index contributed by atoms with van der Waals surface area (Å²) >= 11 is 0. The molecule has 2 heterocycles. The van der Waals surface area contributed by atoms with Crippen LogP contribution >= 0.6 is 0 Å². The Morgan fingerprint density at radius 1 is 1.24 bits per heavy atom. The van der Waals surface area contributed by atoms with Gasteiger partial charge in [0.15, 0.2) is 0 Å². The summed E-state index contributed by atoms with van der Waals surface area (Å²) in [7, 11) is 0. The molecule has 2 amide bonds. The number of benzene rings is 1. The van der Waals surface area contributed by atoms with E-state index in [-0.39, 0.29) is 29.9 Å². The van der Waals surface area contributed by atoms with Gasteiger partial charge in [-0.1, -0.05) is 32.0 Å². The summed E-state index contributed by atoms with van der Waals surface area (Å²) in [6.07, 6.45) is 1.39. The van der Waals surface area contributed by atoms with E-state index in [0.717, 1.165) is 6.54 Å². The van der Waals surface area contributed by atoms with Crippen LogP contribution in [0.1, 0.15) is 43.4 Å². The molecule has 2 N–H and O–H groups in total. The molecule has 0 aromatic heterocycles. The van der Waals surface area contributed by atoms with E-state index in [9.17, 15) is 9.59 Å². The first-order valence-electron chi connectivity index (χ1n) is 9.25. The number of carbonyl (C=O) groups is 2. The predicted octanol–water partition coefficient (Wildman–Crippen LogP) is 1.91. The molecule has 0 radical (unpaired) electrons. The number of piperazine rings is 1. The van der Waals surface area contributed by atoms with Crippen molar-refractivity contribution in [3.63, 3.8) is 0 Å². The molecule has 0 unspecified atom stereocenters. The van der Waals surface area contributed by atoms with Gasteiger partial charge in [-0.05, 0) is 49.3 Å². The van der Waals surface area contributed by atoms with Crippen LogP contribution in [0.4, 0.5) is 0 Å². The summed E-state index contributed by atoms with van der Waals surface area (Å²) in [5.74, 6) is 0.460. The SMILES string of the molecule is Cc1ccc(CN[C@H]2C[C@H]3C(=O)N[C@@H](CC(C)C)C(=O)N3C2)cc1C. The van der Waals surface area contributed by atoms with Crippen molar-refractivity contribution in [1.29, 1.82) is 0 Å². The molecule has 5 heteroatoms. The monoisotopic (exact) mass is 343 g/mol. The van der Waals surface area contributed by atoms with Crippen LogP contribution in [0.15, 0.2) is 18.2 Å². The maximum absolute atomic E-state index is 12.7. The summed E-state index contributed by atoms with van der Waals surface area (Å²) in [4.78, 5) is 26.8. The van der Waals surface area contributed by atoms with Crippen LogP contribution in [-0.4, -0.2) is 41.4 Å². The normalized spacial score (nSPS) is 26.1. The number of amides is 2. The van der Waals surface area contributed by atoms with Gasteiger partial charge in [0.05, 0.1) is 0 Å². The third-order valence-corrected chi connectivity index (χ3v) is 5.37. The van der Waals surface area contributed by atoms with Crippen LogP contribution in [0.3, 0.4) is 0 Å². The third-order valence-electron chi connectivity index (χ3n) is 5.37. The molecule has 1 aromatic rings. The van der Waals surface area contributed by atoms with Gasteiger partial charge < -0.3 is 15.5 Å². The van der Waals surface area contributed by atoms with Crippen LogP contribution < -0.4 is 10.6 Å². The number of carbonyl (C=O) groups excluding carboxylic acids is 2. The smallest absolute Gasteiger partial charge is 0.245 e. The van der Waals surface area contributed by atoms with Crippen LogP contribution in [0, 0.1) is 19.8 Å². The minimum atomic E-state index is -0.359. The van der Waals surface area contributed by atoms with Crippen molar-refractivity contribution in [3.8, 4) is 0 Å². The van der Waals surface area contributed by atoms with Crippen LogP contribution in [-0.2, 0) is 16.1 Å². The molecule has 2 fully saturated rings. The average molecular weight is 343 g/mol. The topological polar surface area (TPSA) is 61.4 Å². The van der Waals surface area contributed by atoms with Crippen LogP contribution in [0.5, 0.6) is 0 Å². The molecule has 5 nitrogen and oxygen atoms in total. The highest BCUT2D eigenvalue weighted by Crippen LogP contribution is 2.25. The van der Waals surface area contributed by atoms with E-state index < -0.39 is 0 Å². The second-order valence-electron chi connectivity index (χ2n) is 7.93. The largest absolute Gasteiger partial charge is 0.342 e. The van der Waals surface area contributed by atoms with Crippen molar-refractivity contribution in [2.75, 3.05) is 6.54 Å². The van der Waals surface area contributed by atoms with Crippen molar-refractivity contribution in [2.45, 2.75) is 65.2 Å². The lowest BCUT2D eigenvalue weighted by molar-refractivity contribution is -0.147. The number of fused-ring (bicyclic) bond motifs is 1. The molecule has 2 saturated heterocycles. The molecule has 0 saturated carbocycles. The Morgan fingerprint density at radius 3 is 2.68 bits per heavy atom. The van der Waals surface area contributed by atoms with Crippen molar-refractivity contribution in [3.05, 3.63) is 34.9 Å². The van der Waals surface area contributed by atoms with Crippen LogP contribution in [0.2, 0.25) is 0 Å². The Balaban J connectivity index is 1.61. The summed E-state index contributed by atoms with van der Waals surface area (Å²) in [6.45, 7) is 9.76. The van der Waals surface area contributed by atoms with Crippen molar-refractivity contribution >= 4 is 11.8 Å². The van der Waals surface area contributed by atoms with Crippen molar-refractivity contribution < 1.29 is 9.59 Å². The van der Waals surface area contributed by atoms with Gasteiger partial charge in [-0.15, -0.1) is 0 Å². The van der Waals surface area contributed by atoms with Gasteiger partial charge in [0.2, 0.25) is 11.8 Å². The second-order valence-corrected chi connectivity index (χ2v) is 7.93. The zero-order valence-corrected chi connectivity index (χ0v) is 15.6. The minimum Gasteiger partial charge on any atom is -0.342 e. The van der Waals surface area contributed by atoms with Crippen molar-refractivity contribution in [1.82, 2.24) is 15.5 Å². The number of nitrogens with one attached hydrogen (secondary N) is 2. The molecule has 2 aliphatic heterocycles. The van der Waals surface area contributed by atoms with Gasteiger partial charge in [-0.25, -0.2) is 0 Å². The third kappa shape index (κ3) is 3.87. The highest BCUT2D eigenvalue weighted by Gasteiger charge is 2.46. The molecule has 136 valence electrons. The predicted molar refractivity (Wildman–Crippen MR) is 98.0 cm³/mol. The van der Waals surface area contributed by atoms with E-state index in [2.05, 4.69) is 56.5 Å². The van der Waals surface area contributed by atoms with Crippen LogP contribution in [0.25, 0.3) is 0 Å². The zero-order chi connectivity index (χ0) is 18.1. The molecule has 0 spiro atoms. The lowest BCUT2D eigenvalue weighted by Gasteiger charge is -2.35. The first kappa shape index (κ1) is 17.9. The van der Waals surface area contributed by atoms with E-state index in [0.29, 0.717) is 25.3 Å². The zero-order valence-electron chi connectivity index (χ0n) is 15.6. The highest BCUT2D eigenvalue weighted by atomic mass is 16.2. The molecule has 1 aromatic carbocycles. The Bertz CT molecular complexity index is 671. The minimum absolute atomic E-state index is 0.000676. The molecular formula is C20H29N3O2. The number of rotatable bonds is 5. The Kier molecular flexibility index (Phi) is 5.13. The number of hydrogen-bond acceptors (Lipinski definition) is 3. The quantitative estimate of drug-likeness (QED) is 0.858. The van der Waals surface area contributed by atoms with E-state index in [4.69, 9.17) is 0 Å². The summed E-state index contributed by atoms with van der Waals surface area (Å²) in [5, 5.41) is 6.44. The Hall–Kier alpha value is -1.88. The van der Waals surface area contributed by atoms with E-state index in [1.54, 1.807) is 4.90 Å². The average Bonchev–Trinajstić information content (AvgIpc) is 2.98. The summed E-state index contributed by atoms with van der Waals surface area (Å²) < 4.78 is 0. The maximum atomic E-state index is 12.7. The molecule has 25 heavy (non-hydrogen) atoms. The fourth-order valence-corrected chi connectivity index (χ4v) is 3.81. The molecule has 3 atom stereocenters. The Morgan fingerprint density at radius 2 is 2.00 bits per heavy atom. The first-order chi connectivity index (χ1) is 11.8. The highest BCUT2D eigenvalue weighted by molar-refractivity contribution is 5.97. The fourth-order valence-electron chi connectivity index (χ4n) is 3.81. The summed E-state index contributed by atoms with van der Waals surface area (Å²) in [6, 6.07) is 5.96. The first-order valence-corrected chi connectivity index (χ1v) is 9.25. The molecule has 2 aliphatic rings. The van der Waals surface area contributed by atoms with Gasteiger partial charge in [-0.2, -0.15) is 0 Å². The second kappa shape index (κ2) is 7.16. The number of nitrogens with zero attached hydrogens (tertiary/aromatic N) is 1. The van der Waals surface area contributed by atoms with Gasteiger partial charge in [-0.3, -0.25) is 9.59 Å². The maximum Gasteiger partial charge on any atom is 0.245 e. The number of aryl methyl sites for hydroxylation is 2. The van der Waals surface area contributed by atoms with Crippen molar-refractivity contribution in [2.24, 2.45) is 5.92 Å². The number of hydrogen-bond donors (Lipinski definition) is 2. The standard InChI is InChI=1S/C20H29N3O2/c1-12(2)7-17-20(25)23-11-16(9-18(23)19(24)22-17)21-10-15-6-5-13(3)14(4)8-15/h5-6,8,12,16-18,21H,7,9-11H2,1-4H3,(H,22,24)/t16-,17-,18-/m0/s1. The fraction of sp³-hybridized carbons (Fsp3) is 0.600. The van der Waals surface area contributed by atoms with Gasteiger partial charge >= 0.3 is 0 Å². The van der Waals surface area contributed by atoms with Gasteiger partial charge in [0, 0.05) is 19.1 Å². The summed E-state index contributed by atoms with van der Waals surface area (Å²) in [5.41, 5.74) is 3.82. The lowest BCUT2D eigenvalue weighted by atomic mass is 9.99. The molecule has 0 aliphatic carbocycles. The van der Waals surface area contributed by atoms with E-state index in [1.807, 2.05) is 0 Å². The molecule has 3 rings (SSSR count). The lowest BCUT2D eigenvalue weighted by Crippen LogP contribution is -2.61. The Labute approximate surface area is 150 Å². The van der Waals surface area contributed by atoms with Gasteiger partial charge in [0.25, 0.3) is 0 Å². The van der Waals surface area contributed by atoms with Gasteiger partial charge in [0.1, 0.15) is 12.1 Å². The molecule has 0 bridgehead atoms.